The third-order valence-corrected chi connectivity index (χ3v) is 5.32. The fourth-order valence-electron chi connectivity index (χ4n) is 3.37. The van der Waals surface area contributed by atoms with Crippen LogP contribution in [0, 0.1) is 5.92 Å². The van der Waals surface area contributed by atoms with Crippen molar-refractivity contribution in [3.63, 3.8) is 0 Å². The predicted octanol–water partition coefficient (Wildman–Crippen LogP) is 3.41. The van der Waals surface area contributed by atoms with Gasteiger partial charge in [-0.05, 0) is 30.3 Å². The molecule has 4 rings (SSSR count). The number of hydrogen-bond donors (Lipinski definition) is 2. The van der Waals surface area contributed by atoms with E-state index in [2.05, 4.69) is 10.6 Å². The van der Waals surface area contributed by atoms with E-state index in [1.165, 1.54) is 0 Å². The zero-order valence-corrected chi connectivity index (χ0v) is 17.0. The van der Waals surface area contributed by atoms with E-state index < -0.39 is 5.92 Å². The minimum absolute atomic E-state index is 0.0875. The SMILES string of the molecule is CCC(=O)Nc1ccc(Cl)c(NC(=O)C2CC(=O)N(c3ccc4c(c3)OCO4)C2)c1. The number of fused-ring (bicyclic) bond motifs is 1. The van der Waals surface area contributed by atoms with Crippen LogP contribution in [-0.2, 0) is 14.4 Å². The Hall–Kier alpha value is -3.26. The Bertz CT molecular complexity index is 1030. The van der Waals surface area contributed by atoms with E-state index in [9.17, 15) is 14.4 Å². The molecule has 2 aromatic carbocycles. The Morgan fingerprint density at radius 3 is 2.73 bits per heavy atom. The van der Waals surface area contributed by atoms with E-state index in [4.69, 9.17) is 21.1 Å². The van der Waals surface area contributed by atoms with Crippen LogP contribution in [0.5, 0.6) is 11.5 Å². The van der Waals surface area contributed by atoms with Crippen LogP contribution < -0.4 is 25.0 Å². The smallest absolute Gasteiger partial charge is 0.231 e. The van der Waals surface area contributed by atoms with Crippen molar-refractivity contribution in [1.29, 1.82) is 0 Å². The summed E-state index contributed by atoms with van der Waals surface area (Å²) >= 11 is 6.19. The molecule has 2 aliphatic rings. The Balaban J connectivity index is 1.45. The average Bonchev–Trinajstić information content (AvgIpc) is 3.36. The molecule has 1 fully saturated rings. The number of benzene rings is 2. The summed E-state index contributed by atoms with van der Waals surface area (Å²) in [5, 5.41) is 5.84. The summed E-state index contributed by atoms with van der Waals surface area (Å²) in [5.74, 6) is 0.0649. The fraction of sp³-hybridized carbons (Fsp3) is 0.286. The molecule has 1 unspecified atom stereocenters. The van der Waals surface area contributed by atoms with Crippen molar-refractivity contribution >= 4 is 46.4 Å². The highest BCUT2D eigenvalue weighted by atomic mass is 35.5. The van der Waals surface area contributed by atoms with Crippen molar-refractivity contribution in [3.05, 3.63) is 41.4 Å². The second kappa shape index (κ2) is 8.23. The molecule has 0 saturated carbocycles. The molecule has 1 atom stereocenters. The molecule has 30 heavy (non-hydrogen) atoms. The first-order chi connectivity index (χ1) is 14.4. The maximum absolute atomic E-state index is 12.8. The largest absolute Gasteiger partial charge is 0.454 e. The molecule has 1 saturated heterocycles. The van der Waals surface area contributed by atoms with Crippen LogP contribution >= 0.6 is 11.6 Å². The van der Waals surface area contributed by atoms with Gasteiger partial charge in [-0.1, -0.05) is 18.5 Å². The van der Waals surface area contributed by atoms with Gasteiger partial charge in [0.1, 0.15) is 0 Å². The minimum atomic E-state index is -0.534. The standard InChI is InChI=1S/C21H20ClN3O5/c1-2-19(26)23-13-3-5-15(22)16(8-13)24-21(28)12-7-20(27)25(10-12)14-4-6-17-18(9-14)30-11-29-17/h3-6,8-9,12H,2,7,10-11H2,1H3,(H,23,26)(H,24,28). The van der Waals surface area contributed by atoms with Crippen LogP contribution in [-0.4, -0.2) is 31.1 Å². The number of halogens is 1. The lowest BCUT2D eigenvalue weighted by molar-refractivity contribution is -0.122. The van der Waals surface area contributed by atoms with Crippen molar-refractivity contribution < 1.29 is 23.9 Å². The summed E-state index contributed by atoms with van der Waals surface area (Å²) in [6.07, 6.45) is 0.425. The molecule has 3 amide bonds. The number of ether oxygens (including phenoxy) is 2. The molecule has 2 aliphatic heterocycles. The quantitative estimate of drug-likeness (QED) is 0.759. The van der Waals surface area contributed by atoms with Gasteiger partial charge in [-0.25, -0.2) is 0 Å². The summed E-state index contributed by atoms with van der Waals surface area (Å²) in [4.78, 5) is 38.5. The number of anilines is 3. The third-order valence-electron chi connectivity index (χ3n) is 4.99. The normalized spacial score (nSPS) is 17.2. The van der Waals surface area contributed by atoms with Crippen LogP contribution in [0.2, 0.25) is 5.02 Å². The number of carbonyl (C=O) groups excluding carboxylic acids is 3. The van der Waals surface area contributed by atoms with Gasteiger partial charge in [0, 0.05) is 36.8 Å². The van der Waals surface area contributed by atoms with Crippen molar-refractivity contribution in [1.82, 2.24) is 0 Å². The first kappa shape index (κ1) is 20.0. The minimum Gasteiger partial charge on any atom is -0.454 e. The first-order valence-corrected chi connectivity index (χ1v) is 9.92. The summed E-state index contributed by atoms with van der Waals surface area (Å²) < 4.78 is 10.7. The lowest BCUT2D eigenvalue weighted by Crippen LogP contribution is -2.28. The maximum atomic E-state index is 12.8. The fourth-order valence-corrected chi connectivity index (χ4v) is 3.53. The Labute approximate surface area is 178 Å². The molecule has 2 aromatic rings. The molecule has 0 radical (unpaired) electrons. The number of hydrogen-bond acceptors (Lipinski definition) is 5. The third kappa shape index (κ3) is 4.04. The van der Waals surface area contributed by atoms with Gasteiger partial charge in [-0.3, -0.25) is 14.4 Å². The van der Waals surface area contributed by atoms with Gasteiger partial charge in [-0.15, -0.1) is 0 Å². The zero-order valence-electron chi connectivity index (χ0n) is 16.2. The molecular formula is C21H20ClN3O5. The second-order valence-corrected chi connectivity index (χ2v) is 7.44. The molecule has 2 N–H and O–H groups in total. The Morgan fingerprint density at radius 1 is 1.13 bits per heavy atom. The van der Waals surface area contributed by atoms with Gasteiger partial charge in [0.25, 0.3) is 0 Å². The monoisotopic (exact) mass is 429 g/mol. The van der Waals surface area contributed by atoms with E-state index in [0.29, 0.717) is 40.0 Å². The van der Waals surface area contributed by atoms with Gasteiger partial charge in [0.2, 0.25) is 24.5 Å². The number of rotatable bonds is 5. The zero-order chi connectivity index (χ0) is 21.3. The Kier molecular flexibility index (Phi) is 5.50. The molecule has 0 spiro atoms. The molecule has 8 nitrogen and oxygen atoms in total. The van der Waals surface area contributed by atoms with Crippen molar-refractivity contribution in [2.45, 2.75) is 19.8 Å². The molecule has 0 aromatic heterocycles. The molecule has 156 valence electrons. The highest BCUT2D eigenvalue weighted by Crippen LogP contribution is 2.37. The highest BCUT2D eigenvalue weighted by molar-refractivity contribution is 6.34. The van der Waals surface area contributed by atoms with Crippen LogP contribution in [0.3, 0.4) is 0 Å². The first-order valence-electron chi connectivity index (χ1n) is 9.55. The summed E-state index contributed by atoms with van der Waals surface area (Å²) in [6.45, 7) is 2.14. The second-order valence-electron chi connectivity index (χ2n) is 7.03. The van der Waals surface area contributed by atoms with E-state index in [0.717, 1.165) is 0 Å². The summed E-state index contributed by atoms with van der Waals surface area (Å²) in [7, 11) is 0. The maximum Gasteiger partial charge on any atom is 0.231 e. The lowest BCUT2D eigenvalue weighted by atomic mass is 10.1. The van der Waals surface area contributed by atoms with E-state index in [1.54, 1.807) is 48.2 Å². The van der Waals surface area contributed by atoms with Gasteiger partial charge in [0.15, 0.2) is 11.5 Å². The number of carbonyl (C=O) groups is 3. The van der Waals surface area contributed by atoms with Gasteiger partial charge < -0.3 is 25.0 Å². The summed E-state index contributed by atoms with van der Waals surface area (Å²) in [5.41, 5.74) is 1.57. The molecular weight excluding hydrogens is 410 g/mol. The lowest BCUT2D eigenvalue weighted by Gasteiger charge is -2.17. The van der Waals surface area contributed by atoms with Crippen LogP contribution in [0.25, 0.3) is 0 Å². The van der Waals surface area contributed by atoms with Crippen LogP contribution in [0.1, 0.15) is 19.8 Å². The molecule has 9 heteroatoms. The van der Waals surface area contributed by atoms with Gasteiger partial charge >= 0.3 is 0 Å². The van der Waals surface area contributed by atoms with Gasteiger partial charge in [-0.2, -0.15) is 0 Å². The van der Waals surface area contributed by atoms with Gasteiger partial charge in [0.05, 0.1) is 16.6 Å². The molecule has 0 bridgehead atoms. The van der Waals surface area contributed by atoms with Crippen LogP contribution in [0.4, 0.5) is 17.1 Å². The number of nitrogens with one attached hydrogen (secondary N) is 2. The molecule has 2 heterocycles. The van der Waals surface area contributed by atoms with Crippen molar-refractivity contribution in [3.8, 4) is 11.5 Å². The summed E-state index contributed by atoms with van der Waals surface area (Å²) in [6, 6.07) is 10.1. The topological polar surface area (TPSA) is 97.0 Å². The number of nitrogens with zero attached hydrogens (tertiary/aromatic N) is 1. The van der Waals surface area contributed by atoms with Crippen LogP contribution in [0.15, 0.2) is 36.4 Å². The Morgan fingerprint density at radius 2 is 1.93 bits per heavy atom. The van der Waals surface area contributed by atoms with E-state index >= 15 is 0 Å². The van der Waals surface area contributed by atoms with E-state index in [1.807, 2.05) is 0 Å². The molecule has 0 aliphatic carbocycles. The number of amides is 3. The average molecular weight is 430 g/mol. The predicted molar refractivity (Wildman–Crippen MR) is 112 cm³/mol. The van der Waals surface area contributed by atoms with E-state index in [-0.39, 0.29) is 37.5 Å². The van der Waals surface area contributed by atoms with Crippen molar-refractivity contribution in [2.24, 2.45) is 5.92 Å². The highest BCUT2D eigenvalue weighted by Gasteiger charge is 2.36. The van der Waals surface area contributed by atoms with Crippen molar-refractivity contribution in [2.75, 3.05) is 28.9 Å².